The first-order chi connectivity index (χ1) is 14.4. The minimum absolute atomic E-state index is 0.0665. The van der Waals surface area contributed by atoms with Gasteiger partial charge in [0.15, 0.2) is 0 Å². The Hall–Kier alpha value is -3.35. The van der Waals surface area contributed by atoms with Crippen LogP contribution in [0.1, 0.15) is 35.3 Å². The molecule has 3 rings (SSSR count). The summed E-state index contributed by atoms with van der Waals surface area (Å²) in [7, 11) is 1.54. The van der Waals surface area contributed by atoms with Crippen molar-refractivity contribution in [2.45, 2.75) is 13.8 Å². The van der Waals surface area contributed by atoms with Gasteiger partial charge in [0.05, 0.1) is 41.3 Å². The van der Waals surface area contributed by atoms with Crippen molar-refractivity contribution in [2.24, 2.45) is 5.41 Å². The highest BCUT2D eigenvalue weighted by atomic mass is 79.9. The molecule has 0 N–H and O–H groups in total. The van der Waals surface area contributed by atoms with Crippen LogP contribution in [0.4, 0.5) is 0 Å². The molecule has 0 unspecified atom stereocenters. The van der Waals surface area contributed by atoms with Gasteiger partial charge in [0.2, 0.25) is 5.91 Å². The van der Waals surface area contributed by atoms with Crippen molar-refractivity contribution in [3.8, 4) is 17.9 Å². The number of fused-ring (bicyclic) bond motifs is 1. The molecule has 0 spiro atoms. The summed E-state index contributed by atoms with van der Waals surface area (Å²) in [6.07, 6.45) is 3.40. The zero-order chi connectivity index (χ0) is 21.9. The molecule has 0 saturated heterocycles. The molecule has 1 heterocycles. The van der Waals surface area contributed by atoms with E-state index in [2.05, 4.69) is 28.1 Å². The minimum Gasteiger partial charge on any atom is -0.496 e. The third-order valence-corrected chi connectivity index (χ3v) is 6.31. The molecule has 6 heteroatoms. The number of nitrogens with zero attached hydrogens (tertiary/aromatic N) is 3. The number of hydrogen-bond donors (Lipinski definition) is 0. The van der Waals surface area contributed by atoms with Crippen LogP contribution in [-0.4, -0.2) is 22.9 Å². The van der Waals surface area contributed by atoms with Crippen LogP contribution in [0.25, 0.3) is 22.6 Å². The average molecular weight is 462 g/mol. The van der Waals surface area contributed by atoms with Crippen molar-refractivity contribution >= 4 is 44.4 Å². The lowest BCUT2D eigenvalue weighted by atomic mass is 9.95. The standard InChI is InChI=1S/C24H20BrN3O2/c1-24(2,15-25)23(29)28-14-20(19-6-4-5-7-21(19)28)18(13-27)11-17-10-16(12-26)8-9-22(17)30-3/h4-11,14H,15H2,1-3H3/b18-11+. The van der Waals surface area contributed by atoms with Gasteiger partial charge < -0.3 is 4.74 Å². The van der Waals surface area contributed by atoms with E-state index in [9.17, 15) is 15.3 Å². The maximum absolute atomic E-state index is 13.2. The lowest BCUT2D eigenvalue weighted by molar-refractivity contribution is 0.0779. The summed E-state index contributed by atoms with van der Waals surface area (Å²) < 4.78 is 7.00. The molecule has 0 saturated carbocycles. The molecule has 2 aromatic carbocycles. The normalized spacial score (nSPS) is 11.7. The lowest BCUT2D eigenvalue weighted by Crippen LogP contribution is -2.30. The van der Waals surface area contributed by atoms with Gasteiger partial charge in [0, 0.05) is 28.0 Å². The first kappa shape index (κ1) is 21.4. The maximum Gasteiger partial charge on any atom is 0.237 e. The van der Waals surface area contributed by atoms with E-state index in [1.54, 1.807) is 35.0 Å². The van der Waals surface area contributed by atoms with Gasteiger partial charge in [-0.25, -0.2) is 0 Å². The van der Waals surface area contributed by atoms with E-state index in [1.807, 2.05) is 38.1 Å². The number of alkyl halides is 1. The molecule has 0 aliphatic rings. The maximum atomic E-state index is 13.2. The lowest BCUT2D eigenvalue weighted by Gasteiger charge is -2.20. The number of methoxy groups -OCH3 is 1. The molecule has 1 aromatic heterocycles. The van der Waals surface area contributed by atoms with Gasteiger partial charge in [-0.1, -0.05) is 48.0 Å². The second-order valence-electron chi connectivity index (χ2n) is 7.49. The van der Waals surface area contributed by atoms with Crippen molar-refractivity contribution < 1.29 is 9.53 Å². The van der Waals surface area contributed by atoms with E-state index < -0.39 is 5.41 Å². The topological polar surface area (TPSA) is 78.8 Å². The van der Waals surface area contributed by atoms with E-state index in [0.717, 1.165) is 10.9 Å². The van der Waals surface area contributed by atoms with Gasteiger partial charge in [0.1, 0.15) is 5.75 Å². The second-order valence-corrected chi connectivity index (χ2v) is 8.05. The zero-order valence-corrected chi connectivity index (χ0v) is 18.5. The number of benzene rings is 2. The number of ether oxygens (including phenoxy) is 1. The Kier molecular flexibility index (Phi) is 6.10. The van der Waals surface area contributed by atoms with Gasteiger partial charge in [-0.05, 0) is 30.3 Å². The summed E-state index contributed by atoms with van der Waals surface area (Å²) in [5.74, 6) is 0.491. The summed E-state index contributed by atoms with van der Waals surface area (Å²) in [4.78, 5) is 13.2. The first-order valence-electron chi connectivity index (χ1n) is 9.27. The fraction of sp³-hybridized carbons (Fsp3) is 0.208. The third kappa shape index (κ3) is 3.87. The molecular formula is C24H20BrN3O2. The number of halogens is 1. The van der Waals surface area contributed by atoms with Crippen LogP contribution in [0.5, 0.6) is 5.75 Å². The van der Waals surface area contributed by atoms with Crippen molar-refractivity contribution in [1.82, 2.24) is 4.57 Å². The number of rotatable bonds is 5. The number of nitriles is 2. The number of aromatic nitrogens is 1. The quantitative estimate of drug-likeness (QED) is 0.363. The Bertz CT molecular complexity index is 1240. The predicted molar refractivity (Wildman–Crippen MR) is 121 cm³/mol. The minimum atomic E-state index is -0.611. The SMILES string of the molecule is COc1ccc(C#N)cc1/C=C(\C#N)c1cn(C(=O)C(C)(C)CBr)c2ccccc12. The fourth-order valence-electron chi connectivity index (χ4n) is 3.19. The molecule has 0 aliphatic heterocycles. The number of allylic oxidation sites excluding steroid dienone is 1. The molecule has 0 amide bonds. The van der Waals surface area contributed by atoms with Crippen LogP contribution in [0.3, 0.4) is 0 Å². The Labute approximate surface area is 183 Å². The predicted octanol–water partition coefficient (Wildman–Crippen LogP) is 5.65. The Morgan fingerprint density at radius 3 is 2.60 bits per heavy atom. The molecule has 5 nitrogen and oxygen atoms in total. The van der Waals surface area contributed by atoms with Crippen molar-refractivity contribution in [3.05, 3.63) is 65.4 Å². The average Bonchev–Trinajstić information content (AvgIpc) is 3.16. The molecule has 0 bridgehead atoms. The summed E-state index contributed by atoms with van der Waals surface area (Å²) in [5, 5.41) is 20.5. The van der Waals surface area contributed by atoms with Crippen LogP contribution >= 0.6 is 15.9 Å². The number of carbonyl (C=O) groups excluding carboxylic acids is 1. The molecule has 0 aliphatic carbocycles. The molecule has 150 valence electrons. The summed E-state index contributed by atoms with van der Waals surface area (Å²) >= 11 is 3.42. The van der Waals surface area contributed by atoms with E-state index >= 15 is 0 Å². The van der Waals surface area contributed by atoms with E-state index in [4.69, 9.17) is 4.74 Å². The van der Waals surface area contributed by atoms with Crippen molar-refractivity contribution in [3.63, 3.8) is 0 Å². The highest BCUT2D eigenvalue weighted by Gasteiger charge is 2.29. The monoisotopic (exact) mass is 461 g/mol. The Morgan fingerprint density at radius 1 is 1.23 bits per heavy atom. The smallest absolute Gasteiger partial charge is 0.237 e. The number of carbonyl (C=O) groups is 1. The molecule has 30 heavy (non-hydrogen) atoms. The van der Waals surface area contributed by atoms with Crippen LogP contribution in [0.15, 0.2) is 48.7 Å². The van der Waals surface area contributed by atoms with Gasteiger partial charge in [-0.15, -0.1) is 0 Å². The second kappa shape index (κ2) is 8.57. The van der Waals surface area contributed by atoms with Gasteiger partial charge >= 0.3 is 0 Å². The van der Waals surface area contributed by atoms with Crippen molar-refractivity contribution in [1.29, 1.82) is 10.5 Å². The van der Waals surface area contributed by atoms with Crippen LogP contribution in [0.2, 0.25) is 0 Å². The van der Waals surface area contributed by atoms with Gasteiger partial charge in [-0.2, -0.15) is 10.5 Å². The third-order valence-electron chi connectivity index (χ3n) is 4.91. The molecule has 0 atom stereocenters. The summed E-state index contributed by atoms with van der Waals surface area (Å²) in [6, 6.07) is 16.9. The zero-order valence-electron chi connectivity index (χ0n) is 16.9. The highest BCUT2D eigenvalue weighted by molar-refractivity contribution is 9.09. The van der Waals surface area contributed by atoms with Crippen molar-refractivity contribution in [2.75, 3.05) is 12.4 Å². The first-order valence-corrected chi connectivity index (χ1v) is 10.4. The van der Waals surface area contributed by atoms with E-state index in [-0.39, 0.29) is 5.91 Å². The van der Waals surface area contributed by atoms with Crippen LogP contribution < -0.4 is 4.74 Å². The van der Waals surface area contributed by atoms with Crippen LogP contribution in [0, 0.1) is 28.1 Å². The summed E-state index contributed by atoms with van der Waals surface area (Å²) in [5.41, 5.74) is 2.25. The number of para-hydroxylation sites is 1. The molecule has 3 aromatic rings. The van der Waals surface area contributed by atoms with E-state index in [0.29, 0.717) is 33.3 Å². The Balaban J connectivity index is 2.24. The fourth-order valence-corrected chi connectivity index (χ4v) is 3.43. The van der Waals surface area contributed by atoms with Crippen LogP contribution in [-0.2, 0) is 0 Å². The molecule has 0 fully saturated rings. The van der Waals surface area contributed by atoms with Gasteiger partial charge in [-0.3, -0.25) is 9.36 Å². The number of hydrogen-bond acceptors (Lipinski definition) is 4. The molecular weight excluding hydrogens is 442 g/mol. The van der Waals surface area contributed by atoms with Gasteiger partial charge in [0.25, 0.3) is 0 Å². The largest absolute Gasteiger partial charge is 0.496 e. The summed E-state index contributed by atoms with van der Waals surface area (Å²) in [6.45, 7) is 3.75. The highest BCUT2D eigenvalue weighted by Crippen LogP contribution is 2.33. The molecule has 0 radical (unpaired) electrons. The van der Waals surface area contributed by atoms with E-state index in [1.165, 1.54) is 7.11 Å². The Morgan fingerprint density at radius 2 is 1.97 bits per heavy atom.